The number of rotatable bonds is 3. The zero-order chi connectivity index (χ0) is 15.6. The van der Waals surface area contributed by atoms with Gasteiger partial charge in [0.1, 0.15) is 5.75 Å². The van der Waals surface area contributed by atoms with E-state index in [-0.39, 0.29) is 42.0 Å². The van der Waals surface area contributed by atoms with Crippen LogP contribution < -0.4 is 10.2 Å². The molecule has 0 bridgehead atoms. The number of hydrogen-bond donors (Lipinski definition) is 2. The van der Waals surface area contributed by atoms with Gasteiger partial charge in [-0.3, -0.25) is 4.79 Å². The van der Waals surface area contributed by atoms with Crippen molar-refractivity contribution >= 4 is 36.4 Å². The summed E-state index contributed by atoms with van der Waals surface area (Å²) in [6, 6.07) is 7.28. The Bertz CT molecular complexity index is 525. The summed E-state index contributed by atoms with van der Waals surface area (Å²) >= 11 is 0. The number of halogens is 2. The molecule has 2 aliphatic heterocycles. The van der Waals surface area contributed by atoms with Crippen molar-refractivity contribution in [3.05, 3.63) is 24.3 Å². The van der Waals surface area contributed by atoms with Crippen molar-refractivity contribution < 1.29 is 9.90 Å². The molecule has 2 heterocycles. The fourth-order valence-electron chi connectivity index (χ4n) is 3.58. The Labute approximate surface area is 156 Å². The fraction of sp³-hybridized carbons (Fsp3) is 0.588. The highest BCUT2D eigenvalue weighted by atomic mass is 35.5. The lowest BCUT2D eigenvalue weighted by molar-refractivity contribution is -0.138. The van der Waals surface area contributed by atoms with Crippen molar-refractivity contribution in [2.75, 3.05) is 37.6 Å². The SMILES string of the molecule is CCC1(C(=O)N2CCN(c3ccc(O)cc3)CC2)CCCN1.Cl.Cl. The lowest BCUT2D eigenvalue weighted by atomic mass is 9.92. The summed E-state index contributed by atoms with van der Waals surface area (Å²) in [5, 5.41) is 12.8. The van der Waals surface area contributed by atoms with Crippen LogP contribution in [-0.4, -0.2) is 54.2 Å². The molecule has 0 saturated carbocycles. The second-order valence-corrected chi connectivity index (χ2v) is 6.26. The van der Waals surface area contributed by atoms with Gasteiger partial charge in [0.25, 0.3) is 0 Å². The number of anilines is 1. The van der Waals surface area contributed by atoms with Crippen LogP contribution in [0, 0.1) is 0 Å². The van der Waals surface area contributed by atoms with E-state index in [4.69, 9.17) is 0 Å². The van der Waals surface area contributed by atoms with Crippen LogP contribution in [0.15, 0.2) is 24.3 Å². The fourth-order valence-corrected chi connectivity index (χ4v) is 3.58. The highest BCUT2D eigenvalue weighted by molar-refractivity contribution is 5.87. The number of hydrogen-bond acceptors (Lipinski definition) is 4. The van der Waals surface area contributed by atoms with Gasteiger partial charge in [0.2, 0.25) is 5.91 Å². The van der Waals surface area contributed by atoms with Crippen molar-refractivity contribution in [2.24, 2.45) is 0 Å². The number of carbonyl (C=O) groups is 1. The molecule has 1 aromatic carbocycles. The third kappa shape index (κ3) is 4.08. The summed E-state index contributed by atoms with van der Waals surface area (Å²) in [7, 11) is 0. The Morgan fingerprint density at radius 3 is 2.29 bits per heavy atom. The predicted molar refractivity (Wildman–Crippen MR) is 102 cm³/mol. The normalized spacial score (nSPS) is 23.4. The third-order valence-corrected chi connectivity index (χ3v) is 5.04. The molecule has 2 aliphatic rings. The molecule has 136 valence electrons. The lowest BCUT2D eigenvalue weighted by Crippen LogP contribution is -2.59. The van der Waals surface area contributed by atoms with Crippen LogP contribution in [0.2, 0.25) is 0 Å². The van der Waals surface area contributed by atoms with E-state index in [0.717, 1.165) is 57.7 Å². The summed E-state index contributed by atoms with van der Waals surface area (Å²) in [6.45, 7) is 6.27. The van der Waals surface area contributed by atoms with Crippen LogP contribution in [0.1, 0.15) is 26.2 Å². The molecule has 2 saturated heterocycles. The molecule has 7 heteroatoms. The number of aromatic hydroxyl groups is 1. The van der Waals surface area contributed by atoms with E-state index in [9.17, 15) is 9.90 Å². The van der Waals surface area contributed by atoms with Crippen LogP contribution in [0.25, 0.3) is 0 Å². The summed E-state index contributed by atoms with van der Waals surface area (Å²) in [4.78, 5) is 17.1. The number of nitrogens with zero attached hydrogens (tertiary/aromatic N) is 2. The number of amides is 1. The van der Waals surface area contributed by atoms with Crippen LogP contribution >= 0.6 is 24.8 Å². The standard InChI is InChI=1S/C17H25N3O2.2ClH/c1-2-17(8-3-9-18-17)16(22)20-12-10-19(11-13-20)14-4-6-15(21)7-5-14;;/h4-7,18,21H,2-3,8-13H2,1H3;2*1H. The Kier molecular flexibility index (Phi) is 7.64. The van der Waals surface area contributed by atoms with Gasteiger partial charge in [-0.15, -0.1) is 24.8 Å². The number of phenols is 1. The van der Waals surface area contributed by atoms with E-state index in [0.29, 0.717) is 0 Å². The molecule has 2 N–H and O–H groups in total. The maximum absolute atomic E-state index is 12.9. The van der Waals surface area contributed by atoms with Crippen LogP contribution in [0.3, 0.4) is 0 Å². The molecule has 3 rings (SSSR count). The Balaban J connectivity index is 0.00000144. The Hall–Kier alpha value is -1.17. The van der Waals surface area contributed by atoms with E-state index in [1.165, 1.54) is 0 Å². The summed E-state index contributed by atoms with van der Waals surface area (Å²) in [5.74, 6) is 0.563. The molecule has 0 radical (unpaired) electrons. The average molecular weight is 376 g/mol. The Morgan fingerprint density at radius 1 is 1.17 bits per heavy atom. The van der Waals surface area contributed by atoms with E-state index in [1.54, 1.807) is 12.1 Å². The maximum atomic E-state index is 12.9. The zero-order valence-electron chi connectivity index (χ0n) is 14.0. The molecular formula is C17H27Cl2N3O2. The number of phenolic OH excluding ortho intramolecular Hbond substituents is 1. The molecule has 1 aromatic rings. The van der Waals surface area contributed by atoms with Gasteiger partial charge in [0.15, 0.2) is 0 Å². The van der Waals surface area contributed by atoms with Crippen LogP contribution in [-0.2, 0) is 4.79 Å². The zero-order valence-corrected chi connectivity index (χ0v) is 15.7. The summed E-state index contributed by atoms with van der Waals surface area (Å²) < 4.78 is 0. The van der Waals surface area contributed by atoms with E-state index in [1.807, 2.05) is 17.0 Å². The van der Waals surface area contributed by atoms with Gasteiger partial charge in [0.05, 0.1) is 5.54 Å². The van der Waals surface area contributed by atoms with Gasteiger partial charge < -0.3 is 20.2 Å². The minimum atomic E-state index is -0.319. The molecular weight excluding hydrogens is 349 g/mol. The van der Waals surface area contributed by atoms with E-state index < -0.39 is 0 Å². The molecule has 2 fully saturated rings. The third-order valence-electron chi connectivity index (χ3n) is 5.04. The van der Waals surface area contributed by atoms with E-state index in [2.05, 4.69) is 17.1 Å². The minimum Gasteiger partial charge on any atom is -0.508 e. The highest BCUT2D eigenvalue weighted by Gasteiger charge is 2.42. The number of nitrogens with one attached hydrogen (secondary N) is 1. The van der Waals surface area contributed by atoms with Crippen molar-refractivity contribution in [1.82, 2.24) is 10.2 Å². The van der Waals surface area contributed by atoms with Gasteiger partial charge in [-0.2, -0.15) is 0 Å². The largest absolute Gasteiger partial charge is 0.508 e. The monoisotopic (exact) mass is 375 g/mol. The molecule has 1 amide bonds. The second-order valence-electron chi connectivity index (χ2n) is 6.26. The summed E-state index contributed by atoms with van der Waals surface area (Å²) in [5.41, 5.74) is 0.787. The lowest BCUT2D eigenvalue weighted by Gasteiger charge is -2.40. The number of piperazine rings is 1. The summed E-state index contributed by atoms with van der Waals surface area (Å²) in [6.07, 6.45) is 2.91. The van der Waals surface area contributed by atoms with E-state index >= 15 is 0 Å². The molecule has 0 aliphatic carbocycles. The molecule has 0 spiro atoms. The first-order valence-electron chi connectivity index (χ1n) is 8.23. The van der Waals surface area contributed by atoms with Crippen molar-refractivity contribution in [1.29, 1.82) is 0 Å². The molecule has 1 unspecified atom stereocenters. The average Bonchev–Trinajstić information content (AvgIpc) is 3.05. The van der Waals surface area contributed by atoms with Crippen molar-refractivity contribution in [3.8, 4) is 5.75 Å². The van der Waals surface area contributed by atoms with Crippen molar-refractivity contribution in [3.63, 3.8) is 0 Å². The minimum absolute atomic E-state index is 0. The van der Waals surface area contributed by atoms with Gasteiger partial charge >= 0.3 is 0 Å². The first-order valence-corrected chi connectivity index (χ1v) is 8.23. The molecule has 5 nitrogen and oxygen atoms in total. The molecule has 1 atom stereocenters. The first-order chi connectivity index (χ1) is 10.6. The van der Waals surface area contributed by atoms with Gasteiger partial charge in [-0.25, -0.2) is 0 Å². The smallest absolute Gasteiger partial charge is 0.242 e. The maximum Gasteiger partial charge on any atom is 0.242 e. The molecule has 0 aromatic heterocycles. The number of benzene rings is 1. The van der Waals surface area contributed by atoms with Gasteiger partial charge in [-0.1, -0.05) is 6.92 Å². The topological polar surface area (TPSA) is 55.8 Å². The van der Waals surface area contributed by atoms with Gasteiger partial charge in [0, 0.05) is 31.9 Å². The predicted octanol–water partition coefficient (Wildman–Crippen LogP) is 2.42. The van der Waals surface area contributed by atoms with Crippen molar-refractivity contribution in [2.45, 2.75) is 31.7 Å². The van der Waals surface area contributed by atoms with Gasteiger partial charge in [-0.05, 0) is 50.1 Å². The van der Waals surface area contributed by atoms with Crippen LogP contribution in [0.4, 0.5) is 5.69 Å². The highest BCUT2D eigenvalue weighted by Crippen LogP contribution is 2.27. The van der Waals surface area contributed by atoms with Crippen LogP contribution in [0.5, 0.6) is 5.75 Å². The number of carbonyl (C=O) groups excluding carboxylic acids is 1. The second kappa shape index (κ2) is 8.79. The quantitative estimate of drug-likeness (QED) is 0.851. The first kappa shape index (κ1) is 20.9. The molecule has 24 heavy (non-hydrogen) atoms. The Morgan fingerprint density at radius 2 is 1.79 bits per heavy atom.